The Hall–Kier alpha value is -3.56. The average Bonchev–Trinajstić information content (AvgIpc) is 2.94. The predicted molar refractivity (Wildman–Crippen MR) is 151 cm³/mol. The van der Waals surface area contributed by atoms with Crippen LogP contribution in [0.4, 0.5) is 5.69 Å². The lowest BCUT2D eigenvalue weighted by atomic mass is 9.74. The number of carbonyl (C=O) groups is 1. The third-order valence-electron chi connectivity index (χ3n) is 7.18. The molecule has 0 aliphatic carbocycles. The van der Waals surface area contributed by atoms with Gasteiger partial charge in [0.2, 0.25) is 5.91 Å². The molecule has 3 aromatic carbocycles. The highest BCUT2D eigenvalue weighted by atomic mass is 32.2. The lowest BCUT2D eigenvalue weighted by molar-refractivity contribution is -0.120. The van der Waals surface area contributed by atoms with Crippen LogP contribution < -0.4 is 19.1 Å². The topological polar surface area (TPSA) is 94.2 Å². The van der Waals surface area contributed by atoms with Gasteiger partial charge in [-0.05, 0) is 67.6 Å². The van der Waals surface area contributed by atoms with E-state index in [1.807, 2.05) is 38.1 Å². The van der Waals surface area contributed by atoms with Gasteiger partial charge in [-0.3, -0.25) is 9.10 Å². The van der Waals surface area contributed by atoms with Gasteiger partial charge in [0.15, 0.2) is 11.5 Å². The van der Waals surface area contributed by atoms with Crippen molar-refractivity contribution in [3.8, 4) is 11.5 Å². The zero-order valence-electron chi connectivity index (χ0n) is 22.9. The second-order valence-electron chi connectivity index (χ2n) is 9.91. The first-order valence-electron chi connectivity index (χ1n) is 12.9. The molecule has 0 unspecified atom stereocenters. The van der Waals surface area contributed by atoms with Crippen LogP contribution in [0.1, 0.15) is 29.5 Å². The number of anilines is 1. The Bertz CT molecular complexity index is 1380. The molecule has 0 atom stereocenters. The van der Waals surface area contributed by atoms with Gasteiger partial charge in [-0.1, -0.05) is 36.4 Å². The van der Waals surface area contributed by atoms with Gasteiger partial charge < -0.3 is 19.5 Å². The van der Waals surface area contributed by atoms with Crippen LogP contribution in [-0.4, -0.2) is 54.8 Å². The summed E-state index contributed by atoms with van der Waals surface area (Å²) >= 11 is 0. The van der Waals surface area contributed by atoms with E-state index in [1.54, 1.807) is 18.2 Å². The lowest BCUT2D eigenvalue weighted by Crippen LogP contribution is -2.48. The third kappa shape index (κ3) is 6.37. The first kappa shape index (κ1) is 28.4. The highest BCUT2D eigenvalue weighted by molar-refractivity contribution is 7.92. The fourth-order valence-electron chi connectivity index (χ4n) is 5.09. The standard InChI is InChI=1S/C30H36N2O6S/c1-22-16-23(2)18-25(17-22)32(39(34,35)26-10-11-27(36-3)28(19-26)37-4)20-29(33)31-21-30(12-14-38-15-13-30)24-8-6-5-7-9-24/h5-11,16-19H,12-15,20-21H2,1-4H3,(H,31,33). The Kier molecular flexibility index (Phi) is 8.82. The van der Waals surface area contributed by atoms with Gasteiger partial charge in [0.1, 0.15) is 6.54 Å². The number of hydrogen-bond donors (Lipinski definition) is 1. The van der Waals surface area contributed by atoms with E-state index in [4.69, 9.17) is 14.2 Å². The maximum absolute atomic E-state index is 14.0. The summed E-state index contributed by atoms with van der Waals surface area (Å²) in [5.41, 5.74) is 3.06. The second kappa shape index (κ2) is 12.1. The number of amides is 1. The van der Waals surface area contributed by atoms with Crippen LogP contribution >= 0.6 is 0 Å². The van der Waals surface area contributed by atoms with Crippen molar-refractivity contribution in [2.45, 2.75) is 37.0 Å². The number of aryl methyl sites for hydroxylation is 2. The summed E-state index contributed by atoms with van der Waals surface area (Å²) in [4.78, 5) is 13.4. The summed E-state index contributed by atoms with van der Waals surface area (Å²) < 4.78 is 45.3. The number of sulfonamides is 1. The van der Waals surface area contributed by atoms with Crippen LogP contribution in [0.5, 0.6) is 11.5 Å². The number of nitrogens with one attached hydrogen (secondary N) is 1. The minimum absolute atomic E-state index is 0.00251. The number of nitrogens with zero attached hydrogens (tertiary/aromatic N) is 1. The summed E-state index contributed by atoms with van der Waals surface area (Å²) in [6, 6.07) is 20.0. The van der Waals surface area contributed by atoms with Gasteiger partial charge in [0.05, 0.1) is 24.8 Å². The van der Waals surface area contributed by atoms with E-state index in [2.05, 4.69) is 17.4 Å². The molecule has 1 aliphatic rings. The fourth-order valence-corrected chi connectivity index (χ4v) is 6.51. The molecule has 208 valence electrons. The number of methoxy groups -OCH3 is 2. The number of hydrogen-bond acceptors (Lipinski definition) is 6. The van der Waals surface area contributed by atoms with Crippen molar-refractivity contribution >= 4 is 21.6 Å². The highest BCUT2D eigenvalue weighted by Crippen LogP contribution is 2.35. The monoisotopic (exact) mass is 552 g/mol. The van der Waals surface area contributed by atoms with Crippen molar-refractivity contribution in [3.63, 3.8) is 0 Å². The molecule has 8 nitrogen and oxygen atoms in total. The van der Waals surface area contributed by atoms with Crippen molar-refractivity contribution in [2.24, 2.45) is 0 Å². The van der Waals surface area contributed by atoms with Gasteiger partial charge in [0, 0.05) is 31.2 Å². The molecule has 4 rings (SSSR count). The van der Waals surface area contributed by atoms with E-state index >= 15 is 0 Å². The van der Waals surface area contributed by atoms with Gasteiger partial charge in [-0.2, -0.15) is 0 Å². The van der Waals surface area contributed by atoms with Crippen molar-refractivity contribution < 1.29 is 27.4 Å². The van der Waals surface area contributed by atoms with Gasteiger partial charge in [-0.15, -0.1) is 0 Å². The van der Waals surface area contributed by atoms with E-state index in [-0.39, 0.29) is 28.5 Å². The van der Waals surface area contributed by atoms with Crippen LogP contribution in [0.2, 0.25) is 0 Å². The van der Waals surface area contributed by atoms with Crippen molar-refractivity contribution in [3.05, 3.63) is 83.4 Å². The number of benzene rings is 3. The Morgan fingerprint density at radius 1 is 0.923 bits per heavy atom. The van der Waals surface area contributed by atoms with Gasteiger partial charge in [0.25, 0.3) is 10.0 Å². The van der Waals surface area contributed by atoms with Crippen LogP contribution in [0.3, 0.4) is 0 Å². The molecule has 3 aromatic rings. The minimum atomic E-state index is -4.13. The SMILES string of the molecule is COc1ccc(S(=O)(=O)N(CC(=O)NCC2(c3ccccc3)CCOCC2)c2cc(C)cc(C)c2)cc1OC. The van der Waals surface area contributed by atoms with Crippen LogP contribution in [0.15, 0.2) is 71.6 Å². The van der Waals surface area contributed by atoms with E-state index < -0.39 is 10.0 Å². The van der Waals surface area contributed by atoms with Gasteiger partial charge >= 0.3 is 0 Å². The molecule has 0 aromatic heterocycles. The zero-order chi connectivity index (χ0) is 28.0. The minimum Gasteiger partial charge on any atom is -0.493 e. The van der Waals surface area contributed by atoms with E-state index in [0.29, 0.717) is 31.2 Å². The molecule has 1 amide bonds. The zero-order valence-corrected chi connectivity index (χ0v) is 23.7. The number of rotatable bonds is 10. The Morgan fingerprint density at radius 2 is 1.56 bits per heavy atom. The number of carbonyl (C=O) groups excluding carboxylic acids is 1. The molecule has 0 spiro atoms. The average molecular weight is 553 g/mol. The molecule has 39 heavy (non-hydrogen) atoms. The molecule has 0 saturated carbocycles. The molecule has 1 heterocycles. The van der Waals surface area contributed by atoms with E-state index in [9.17, 15) is 13.2 Å². The van der Waals surface area contributed by atoms with Crippen LogP contribution in [-0.2, 0) is 25.0 Å². The summed E-state index contributed by atoms with van der Waals surface area (Å²) in [6.45, 7) is 5.01. The normalized spacial score (nSPS) is 14.9. The molecule has 1 saturated heterocycles. The summed E-state index contributed by atoms with van der Waals surface area (Å²) in [7, 11) is -1.20. The smallest absolute Gasteiger partial charge is 0.264 e. The van der Waals surface area contributed by atoms with Crippen LogP contribution in [0, 0.1) is 13.8 Å². The lowest BCUT2D eigenvalue weighted by Gasteiger charge is -2.38. The van der Waals surface area contributed by atoms with E-state index in [1.165, 1.54) is 26.4 Å². The first-order chi connectivity index (χ1) is 18.7. The first-order valence-corrected chi connectivity index (χ1v) is 14.4. The fraction of sp³-hybridized carbons (Fsp3) is 0.367. The summed E-state index contributed by atoms with van der Waals surface area (Å²) in [5.74, 6) is 0.308. The molecule has 1 N–H and O–H groups in total. The molecule has 1 fully saturated rings. The molecule has 0 radical (unpaired) electrons. The van der Waals surface area contributed by atoms with Crippen molar-refractivity contribution in [2.75, 3.05) is 44.8 Å². The maximum atomic E-state index is 14.0. The quantitative estimate of drug-likeness (QED) is 0.401. The Morgan fingerprint density at radius 3 is 2.18 bits per heavy atom. The Balaban J connectivity index is 1.64. The third-order valence-corrected chi connectivity index (χ3v) is 8.95. The molecule has 0 bridgehead atoms. The number of ether oxygens (including phenoxy) is 3. The van der Waals surface area contributed by atoms with E-state index in [0.717, 1.165) is 33.8 Å². The summed E-state index contributed by atoms with van der Waals surface area (Å²) in [6.07, 6.45) is 1.53. The van der Waals surface area contributed by atoms with Crippen LogP contribution in [0.25, 0.3) is 0 Å². The molecular formula is C30H36N2O6S. The Labute approximate surface area is 230 Å². The molecule has 9 heteroatoms. The second-order valence-corrected chi connectivity index (χ2v) is 11.8. The predicted octanol–water partition coefficient (Wildman–Crippen LogP) is 4.38. The van der Waals surface area contributed by atoms with Crippen molar-refractivity contribution in [1.29, 1.82) is 0 Å². The molecule has 1 aliphatic heterocycles. The maximum Gasteiger partial charge on any atom is 0.264 e. The van der Waals surface area contributed by atoms with Gasteiger partial charge in [-0.25, -0.2) is 8.42 Å². The van der Waals surface area contributed by atoms with Crippen molar-refractivity contribution in [1.82, 2.24) is 5.32 Å². The molecular weight excluding hydrogens is 516 g/mol. The summed E-state index contributed by atoms with van der Waals surface area (Å²) in [5, 5.41) is 3.04. The largest absolute Gasteiger partial charge is 0.493 e. The highest BCUT2D eigenvalue weighted by Gasteiger charge is 2.35.